The van der Waals surface area contributed by atoms with Crippen molar-refractivity contribution in [3.63, 3.8) is 0 Å². The number of benzene rings is 1. The first kappa shape index (κ1) is 12.9. The molecule has 18 heavy (non-hydrogen) atoms. The van der Waals surface area contributed by atoms with E-state index in [1.165, 1.54) is 0 Å². The molecule has 90 valence electrons. The maximum absolute atomic E-state index is 11.9. The van der Waals surface area contributed by atoms with Crippen molar-refractivity contribution in [2.24, 2.45) is 4.99 Å². The van der Waals surface area contributed by atoms with Gasteiger partial charge in [-0.05, 0) is 0 Å². The van der Waals surface area contributed by atoms with Gasteiger partial charge in [0.2, 0.25) is 0 Å². The monoisotopic (exact) mass is 323 g/mol. The molecule has 0 aliphatic rings. The number of nitrogens with one attached hydrogen (secondary N) is 1. The van der Waals surface area contributed by atoms with Crippen LogP contribution in [0.1, 0.15) is 16.1 Å². The Morgan fingerprint density at radius 3 is 2.94 bits per heavy atom. The molecule has 0 aliphatic heterocycles. The fourth-order valence-electron chi connectivity index (χ4n) is 1.31. The zero-order valence-corrected chi connectivity index (χ0v) is 11.8. The average Bonchev–Trinajstić information content (AvgIpc) is 2.85. The molecule has 6 heteroatoms. The van der Waals surface area contributed by atoms with E-state index in [2.05, 4.69) is 32.7 Å². The molecule has 1 aromatic heterocycles. The van der Waals surface area contributed by atoms with Gasteiger partial charge < -0.3 is 0 Å². The summed E-state index contributed by atoms with van der Waals surface area (Å²) in [5.74, 6) is -0.135. The van der Waals surface area contributed by atoms with Crippen molar-refractivity contribution in [1.29, 1.82) is 0 Å². The predicted octanol–water partition coefficient (Wildman–Crippen LogP) is 1.99. The van der Waals surface area contributed by atoms with Crippen LogP contribution in [-0.2, 0) is 6.54 Å². The van der Waals surface area contributed by atoms with Gasteiger partial charge in [0.25, 0.3) is 0 Å². The number of thiocarbonyl (C=S) groups is 1. The number of carbonyl (C=O) groups excluding carboxylic acids is 1. The van der Waals surface area contributed by atoms with E-state index < -0.39 is 0 Å². The second-order valence-corrected chi connectivity index (χ2v) is 5.35. The summed E-state index contributed by atoms with van der Waals surface area (Å²) in [4.78, 5) is 21.9. The average molecular weight is 322 g/mol. The van der Waals surface area contributed by atoms with E-state index in [-0.39, 0.29) is 20.4 Å². The van der Waals surface area contributed by atoms with Gasteiger partial charge in [0.1, 0.15) is 0 Å². The molecule has 1 aromatic carbocycles. The van der Waals surface area contributed by atoms with Gasteiger partial charge in [0, 0.05) is 0 Å². The van der Waals surface area contributed by atoms with Crippen molar-refractivity contribution in [2.75, 3.05) is 5.32 Å². The van der Waals surface area contributed by atoms with Crippen LogP contribution < -0.4 is 5.32 Å². The number of carbonyl (C=O) groups is 1. The summed E-state index contributed by atoms with van der Waals surface area (Å²) in [6.45, 7) is 0.427. The normalized spacial score (nSPS) is 9.56. The zero-order valence-electron chi connectivity index (χ0n) is 9.29. The van der Waals surface area contributed by atoms with E-state index in [9.17, 15) is 4.79 Å². The van der Waals surface area contributed by atoms with Crippen LogP contribution in [0.2, 0.25) is 0 Å². The Bertz CT molecular complexity index is 590. The van der Waals surface area contributed by atoms with Crippen LogP contribution in [-0.4, -0.2) is 30.6 Å². The first-order valence-corrected chi connectivity index (χ1v) is 7.39. The summed E-state index contributed by atoms with van der Waals surface area (Å²) in [6, 6.07) is 9.06. The molecule has 0 saturated heterocycles. The van der Waals surface area contributed by atoms with Crippen LogP contribution >= 0.6 is 12.2 Å². The Morgan fingerprint density at radius 1 is 1.44 bits per heavy atom. The Morgan fingerprint density at radius 2 is 2.22 bits per heavy atom. The molecule has 0 bridgehead atoms. The predicted molar refractivity (Wildman–Crippen MR) is 74.3 cm³/mol. The van der Waals surface area contributed by atoms with E-state index in [0.717, 1.165) is 5.69 Å². The van der Waals surface area contributed by atoms with Crippen LogP contribution in [0, 0.1) is 0 Å². The topological polar surface area (TPSA) is 54.4 Å². The van der Waals surface area contributed by atoms with Gasteiger partial charge in [-0.1, -0.05) is 0 Å². The van der Waals surface area contributed by atoms with Gasteiger partial charge in [-0.15, -0.1) is 0 Å². The number of nitrogens with zero attached hydrogens (tertiary/aromatic N) is 2. The quantitative estimate of drug-likeness (QED) is 0.532. The molecule has 0 spiro atoms. The van der Waals surface area contributed by atoms with Gasteiger partial charge >= 0.3 is 116 Å². The fourth-order valence-corrected chi connectivity index (χ4v) is 2.83. The summed E-state index contributed by atoms with van der Waals surface area (Å²) in [5.41, 5.74) is 1.46. The number of aliphatic imine (C=N–C) groups is 1. The Kier molecular flexibility index (Phi) is 4.56. The maximum atomic E-state index is 11.9. The summed E-state index contributed by atoms with van der Waals surface area (Å²) >= 11 is 4.55. The molecule has 1 heterocycles. The van der Waals surface area contributed by atoms with Gasteiger partial charge in [-0.2, -0.15) is 0 Å². The van der Waals surface area contributed by atoms with Crippen LogP contribution in [0.25, 0.3) is 0 Å². The van der Waals surface area contributed by atoms with E-state index >= 15 is 0 Å². The van der Waals surface area contributed by atoms with Gasteiger partial charge in [0.15, 0.2) is 0 Å². The minimum absolute atomic E-state index is 0.0523. The Labute approximate surface area is 116 Å². The molecule has 0 fully saturated rings. The van der Waals surface area contributed by atoms with E-state index in [0.29, 0.717) is 16.8 Å². The van der Waals surface area contributed by atoms with Crippen LogP contribution in [0.3, 0.4) is 0 Å². The second kappa shape index (κ2) is 6.38. The SMILES string of the molecule is O=C(Nc1nc(CN=C=S)c[se]1)c1ccccc1. The van der Waals surface area contributed by atoms with Crippen molar-refractivity contribution < 1.29 is 4.79 Å². The number of hydrogen-bond acceptors (Lipinski definition) is 4. The van der Waals surface area contributed by atoms with Crippen molar-refractivity contribution in [1.82, 2.24) is 4.98 Å². The molecule has 1 amide bonds. The van der Waals surface area contributed by atoms with Crippen LogP contribution in [0.5, 0.6) is 0 Å². The number of amides is 1. The summed E-state index contributed by atoms with van der Waals surface area (Å²) in [7, 11) is 0. The van der Waals surface area contributed by atoms with Crippen molar-refractivity contribution in [3.05, 3.63) is 46.5 Å². The minimum atomic E-state index is -0.135. The van der Waals surface area contributed by atoms with Gasteiger partial charge in [0.05, 0.1) is 0 Å². The number of anilines is 1. The molecule has 2 aromatic rings. The Hall–Kier alpha value is -1.58. The molecule has 0 atom stereocenters. The molecule has 1 N–H and O–H groups in total. The number of hydrogen-bond donors (Lipinski definition) is 1. The summed E-state index contributed by atoms with van der Waals surface area (Å²) < 4.78 is 0.700. The molecule has 0 unspecified atom stereocenters. The fraction of sp³-hybridized carbons (Fsp3) is 0.0833. The van der Waals surface area contributed by atoms with Gasteiger partial charge in [-0.3, -0.25) is 0 Å². The van der Waals surface area contributed by atoms with Gasteiger partial charge in [-0.25, -0.2) is 0 Å². The molecule has 2 rings (SSSR count). The number of aromatic nitrogens is 1. The van der Waals surface area contributed by atoms with E-state index in [1.807, 2.05) is 23.1 Å². The summed E-state index contributed by atoms with van der Waals surface area (Å²) in [6.07, 6.45) is 0. The first-order valence-electron chi connectivity index (χ1n) is 5.14. The van der Waals surface area contributed by atoms with Crippen molar-refractivity contribution in [2.45, 2.75) is 6.54 Å². The van der Waals surface area contributed by atoms with Crippen LogP contribution in [0.4, 0.5) is 4.69 Å². The molecule has 0 aliphatic carbocycles. The van der Waals surface area contributed by atoms with Crippen molar-refractivity contribution >= 4 is 42.5 Å². The molecule has 0 radical (unpaired) electrons. The molecular formula is C12H9N3OSSe. The molecule has 0 saturated carbocycles. The third kappa shape index (κ3) is 3.45. The van der Waals surface area contributed by atoms with E-state index in [1.54, 1.807) is 12.1 Å². The van der Waals surface area contributed by atoms with E-state index in [4.69, 9.17) is 0 Å². The molecule has 4 nitrogen and oxygen atoms in total. The zero-order chi connectivity index (χ0) is 12.8. The second-order valence-electron chi connectivity index (χ2n) is 3.37. The standard InChI is InChI=1S/C12H9N3OSSe/c16-11(9-4-2-1-3-5-9)15-12-14-10(7-18-12)6-13-8-17/h1-5,7H,6H2,(H,14,15,16). The Balaban J connectivity index is 2.03. The number of isothiocyanates is 1. The first-order chi connectivity index (χ1) is 8.79. The summed E-state index contributed by atoms with van der Waals surface area (Å²) in [5, 5.41) is 5.09. The third-order valence-electron chi connectivity index (χ3n) is 2.11. The molecular weight excluding hydrogens is 313 g/mol. The van der Waals surface area contributed by atoms with Crippen LogP contribution in [0.15, 0.2) is 40.3 Å². The number of rotatable bonds is 4. The van der Waals surface area contributed by atoms with Crippen molar-refractivity contribution in [3.8, 4) is 0 Å². The third-order valence-corrected chi connectivity index (χ3v) is 3.94.